The van der Waals surface area contributed by atoms with Gasteiger partial charge in [0.15, 0.2) is 0 Å². The summed E-state index contributed by atoms with van der Waals surface area (Å²) in [6, 6.07) is 4.17. The van der Waals surface area contributed by atoms with Gasteiger partial charge in [-0.2, -0.15) is 0 Å². The Bertz CT molecular complexity index is 788. The number of piperidine rings is 1. The van der Waals surface area contributed by atoms with Gasteiger partial charge < -0.3 is 4.40 Å². The Kier molecular flexibility index (Phi) is 4.73. The minimum Gasteiger partial charge on any atom is -0.307 e. The zero-order valence-corrected chi connectivity index (χ0v) is 15.1. The molecule has 126 valence electrons. The van der Waals surface area contributed by atoms with Gasteiger partial charge in [-0.3, -0.25) is 9.11 Å². The number of hydrogen-bond donors (Lipinski definition) is 0. The van der Waals surface area contributed by atoms with Crippen LogP contribution < -0.4 is 0 Å². The summed E-state index contributed by atoms with van der Waals surface area (Å²) in [5.41, 5.74) is 3.39. The zero-order chi connectivity index (χ0) is 16.4. The molecule has 23 heavy (non-hydrogen) atoms. The second kappa shape index (κ2) is 6.61. The van der Waals surface area contributed by atoms with Crippen molar-refractivity contribution in [1.29, 1.82) is 0 Å². The van der Waals surface area contributed by atoms with E-state index in [2.05, 4.69) is 45.1 Å². The molecular weight excluding hydrogens is 308 g/mol. The molecule has 2 aromatic rings. The number of aryl methyl sites for hydroxylation is 1. The van der Waals surface area contributed by atoms with Crippen LogP contribution in [0.2, 0.25) is 0 Å². The van der Waals surface area contributed by atoms with Crippen molar-refractivity contribution in [1.82, 2.24) is 14.3 Å². The van der Waals surface area contributed by atoms with Crippen LogP contribution in [-0.2, 0) is 16.3 Å². The monoisotopic (exact) mass is 334 g/mol. The van der Waals surface area contributed by atoms with E-state index in [1.165, 1.54) is 5.56 Å². The van der Waals surface area contributed by atoms with Crippen LogP contribution >= 0.6 is 0 Å². The van der Waals surface area contributed by atoms with Crippen LogP contribution in [0.5, 0.6) is 0 Å². The number of likely N-dealkylation sites (tertiary alicyclic amines) is 1. The van der Waals surface area contributed by atoms with Crippen LogP contribution in [0.1, 0.15) is 24.1 Å². The van der Waals surface area contributed by atoms with Crippen molar-refractivity contribution >= 4 is 15.4 Å². The number of imidazole rings is 1. The summed E-state index contributed by atoms with van der Waals surface area (Å²) in [5, 5.41) is 0. The maximum atomic E-state index is 11.7. The van der Waals surface area contributed by atoms with Gasteiger partial charge in [0.1, 0.15) is 5.65 Å². The number of pyridine rings is 1. The number of nitrogens with zero attached hydrogens (tertiary/aromatic N) is 4. The smallest absolute Gasteiger partial charge is 0.137 e. The number of aromatic nitrogens is 2. The Labute approximate surface area is 138 Å². The van der Waals surface area contributed by atoms with Gasteiger partial charge in [0.25, 0.3) is 0 Å². The predicted octanol–water partition coefficient (Wildman–Crippen LogP) is 2.58. The minimum atomic E-state index is -1.96. The Morgan fingerprint density at radius 2 is 2.00 bits per heavy atom. The molecule has 0 N–H and O–H groups in total. The molecule has 5 nitrogen and oxygen atoms in total. The molecule has 0 aliphatic carbocycles. The van der Waals surface area contributed by atoms with Gasteiger partial charge in [-0.25, -0.2) is 9.35 Å². The van der Waals surface area contributed by atoms with Gasteiger partial charge in [-0.15, -0.1) is 0 Å². The molecule has 0 bridgehead atoms. The van der Waals surface area contributed by atoms with E-state index in [9.17, 15) is 4.21 Å². The second-order valence-electron chi connectivity index (χ2n) is 6.92. The SMILES string of the molecule is Cc1ccc2nc(CN3CCC(CN=S(C)(C)=O)CC3)cn2c1. The third-order valence-corrected chi connectivity index (χ3v) is 5.16. The predicted molar refractivity (Wildman–Crippen MR) is 95.2 cm³/mol. The molecule has 0 saturated carbocycles. The fourth-order valence-electron chi connectivity index (χ4n) is 3.07. The average molecular weight is 334 g/mol. The van der Waals surface area contributed by atoms with Gasteiger partial charge in [-0.05, 0) is 50.4 Å². The molecule has 6 heteroatoms. The van der Waals surface area contributed by atoms with Gasteiger partial charge in [0, 0.05) is 41.2 Å². The van der Waals surface area contributed by atoms with Crippen molar-refractivity contribution in [3.05, 3.63) is 35.8 Å². The summed E-state index contributed by atoms with van der Waals surface area (Å²) >= 11 is 0. The molecule has 0 radical (unpaired) electrons. The van der Waals surface area contributed by atoms with Crippen molar-refractivity contribution in [2.75, 3.05) is 32.1 Å². The van der Waals surface area contributed by atoms with E-state index < -0.39 is 9.73 Å². The van der Waals surface area contributed by atoms with Crippen molar-refractivity contribution in [2.24, 2.45) is 10.3 Å². The first-order valence-electron chi connectivity index (χ1n) is 8.18. The van der Waals surface area contributed by atoms with Gasteiger partial charge in [-0.1, -0.05) is 6.07 Å². The molecule has 1 saturated heterocycles. The summed E-state index contributed by atoms with van der Waals surface area (Å²) in [6.07, 6.45) is 9.94. The van der Waals surface area contributed by atoms with E-state index in [0.717, 1.165) is 50.4 Å². The Morgan fingerprint density at radius 3 is 2.70 bits per heavy atom. The first-order chi connectivity index (χ1) is 10.9. The highest BCUT2D eigenvalue weighted by atomic mass is 32.2. The van der Waals surface area contributed by atoms with Crippen molar-refractivity contribution in [3.8, 4) is 0 Å². The highest BCUT2D eigenvalue weighted by Gasteiger charge is 2.20. The van der Waals surface area contributed by atoms with Crippen LogP contribution in [0.15, 0.2) is 28.9 Å². The van der Waals surface area contributed by atoms with E-state index in [1.54, 1.807) is 12.5 Å². The third-order valence-electron chi connectivity index (χ3n) is 4.39. The fraction of sp³-hybridized carbons (Fsp3) is 0.588. The lowest BCUT2D eigenvalue weighted by molar-refractivity contribution is 0.179. The topological polar surface area (TPSA) is 50.0 Å². The molecule has 1 aliphatic rings. The highest BCUT2D eigenvalue weighted by molar-refractivity contribution is 7.92. The third kappa shape index (κ3) is 4.54. The lowest BCUT2D eigenvalue weighted by Crippen LogP contribution is -2.34. The average Bonchev–Trinajstić information content (AvgIpc) is 2.87. The molecule has 0 aromatic carbocycles. The van der Waals surface area contributed by atoms with Crippen LogP contribution in [0, 0.1) is 12.8 Å². The summed E-state index contributed by atoms with van der Waals surface area (Å²) in [5.74, 6) is 0.579. The Morgan fingerprint density at radius 1 is 1.26 bits per heavy atom. The van der Waals surface area contributed by atoms with E-state index >= 15 is 0 Å². The standard InChI is InChI=1S/C17H26N4OS/c1-14-4-5-17-19-16(13-21(17)11-14)12-20-8-6-15(7-9-20)10-18-23(2,3)22/h4-5,11,13,15H,6-10,12H2,1-3H3. The van der Waals surface area contributed by atoms with Crippen molar-refractivity contribution < 1.29 is 4.21 Å². The van der Waals surface area contributed by atoms with Crippen LogP contribution in [0.25, 0.3) is 5.65 Å². The molecule has 0 atom stereocenters. The molecule has 0 unspecified atom stereocenters. The molecule has 3 rings (SSSR count). The quantitative estimate of drug-likeness (QED) is 0.863. The van der Waals surface area contributed by atoms with Gasteiger partial charge in [0.2, 0.25) is 0 Å². The van der Waals surface area contributed by atoms with E-state index in [0.29, 0.717) is 5.92 Å². The van der Waals surface area contributed by atoms with Crippen LogP contribution in [0.3, 0.4) is 0 Å². The lowest BCUT2D eigenvalue weighted by Gasteiger charge is -2.30. The molecular formula is C17H26N4OS. The fourth-order valence-corrected chi connectivity index (χ4v) is 3.64. The Balaban J connectivity index is 1.56. The first kappa shape index (κ1) is 16.5. The normalized spacial score (nSPS) is 17.7. The van der Waals surface area contributed by atoms with Crippen molar-refractivity contribution in [2.45, 2.75) is 26.3 Å². The first-order valence-corrected chi connectivity index (χ1v) is 10.5. The van der Waals surface area contributed by atoms with Crippen molar-refractivity contribution in [3.63, 3.8) is 0 Å². The Hall–Kier alpha value is -1.40. The minimum absolute atomic E-state index is 0.579. The lowest BCUT2D eigenvalue weighted by atomic mass is 9.97. The summed E-state index contributed by atoms with van der Waals surface area (Å²) in [7, 11) is -1.96. The molecule has 1 fully saturated rings. The number of fused-ring (bicyclic) bond motifs is 1. The van der Waals surface area contributed by atoms with Gasteiger partial charge >= 0.3 is 0 Å². The molecule has 1 aliphatic heterocycles. The molecule has 0 amide bonds. The zero-order valence-electron chi connectivity index (χ0n) is 14.2. The maximum Gasteiger partial charge on any atom is 0.137 e. The maximum absolute atomic E-state index is 11.7. The van der Waals surface area contributed by atoms with Gasteiger partial charge in [0.05, 0.1) is 12.2 Å². The van der Waals surface area contributed by atoms with Crippen LogP contribution in [-0.4, -0.2) is 50.6 Å². The number of hydrogen-bond acceptors (Lipinski definition) is 4. The van der Waals surface area contributed by atoms with E-state index in [4.69, 9.17) is 4.98 Å². The molecule has 0 spiro atoms. The highest BCUT2D eigenvalue weighted by Crippen LogP contribution is 2.20. The molecule has 2 aromatic heterocycles. The summed E-state index contributed by atoms with van der Waals surface area (Å²) < 4.78 is 18.1. The van der Waals surface area contributed by atoms with E-state index in [1.807, 2.05) is 0 Å². The van der Waals surface area contributed by atoms with Crippen LogP contribution in [0.4, 0.5) is 0 Å². The van der Waals surface area contributed by atoms with E-state index in [-0.39, 0.29) is 0 Å². The second-order valence-corrected chi connectivity index (χ2v) is 9.54. The largest absolute Gasteiger partial charge is 0.307 e. The molecule has 3 heterocycles. The number of rotatable bonds is 4. The summed E-state index contributed by atoms with van der Waals surface area (Å²) in [6.45, 7) is 5.89. The summed E-state index contributed by atoms with van der Waals surface area (Å²) in [4.78, 5) is 7.16.